The van der Waals surface area contributed by atoms with Gasteiger partial charge in [0.15, 0.2) is 0 Å². The second kappa shape index (κ2) is 4.37. The predicted molar refractivity (Wildman–Crippen MR) is 71.1 cm³/mol. The van der Waals surface area contributed by atoms with Crippen LogP contribution in [0.25, 0.3) is 11.4 Å². The minimum absolute atomic E-state index is 0.122. The molecule has 0 N–H and O–H groups in total. The van der Waals surface area contributed by atoms with E-state index in [-0.39, 0.29) is 18.9 Å². The fraction of sp³-hybridized carbons (Fsp3) is 0.385. The highest BCUT2D eigenvalue weighted by Gasteiger charge is 2.46. The summed E-state index contributed by atoms with van der Waals surface area (Å²) in [6.07, 6.45) is 1.36. The average molecular weight is 328 g/mol. The third kappa shape index (κ3) is 2.29. The van der Waals surface area contributed by atoms with Crippen molar-refractivity contribution in [2.45, 2.75) is 31.7 Å². The Balaban J connectivity index is 1.91. The van der Waals surface area contributed by atoms with E-state index in [1.54, 1.807) is 10.9 Å². The second-order valence-corrected chi connectivity index (χ2v) is 5.62. The van der Waals surface area contributed by atoms with Crippen LogP contribution in [0.3, 0.4) is 0 Å². The molecule has 2 heterocycles. The number of pyridine rings is 1. The molecule has 1 aliphatic rings. The molecule has 1 saturated carbocycles. The van der Waals surface area contributed by atoms with Gasteiger partial charge in [-0.2, -0.15) is 0 Å². The van der Waals surface area contributed by atoms with Crippen LogP contribution >= 0.6 is 15.9 Å². The summed E-state index contributed by atoms with van der Waals surface area (Å²) in [6, 6.07) is 5.48. The van der Waals surface area contributed by atoms with Crippen molar-refractivity contribution in [2.24, 2.45) is 0 Å². The molecule has 0 amide bonds. The Kier molecular flexibility index (Phi) is 2.92. The summed E-state index contributed by atoms with van der Waals surface area (Å²) in [6.45, 7) is 1.90. The summed E-state index contributed by atoms with van der Waals surface area (Å²) in [5.41, 5.74) is 2.34. The molecule has 0 spiro atoms. The van der Waals surface area contributed by atoms with E-state index in [0.717, 1.165) is 11.4 Å². The molecule has 0 aromatic carbocycles. The highest BCUT2D eigenvalue weighted by atomic mass is 79.9. The monoisotopic (exact) mass is 327 g/mol. The van der Waals surface area contributed by atoms with Gasteiger partial charge in [-0.15, -0.1) is 0 Å². The third-order valence-electron chi connectivity index (χ3n) is 3.33. The number of imidazole rings is 1. The molecule has 0 atom stereocenters. The summed E-state index contributed by atoms with van der Waals surface area (Å²) in [4.78, 5) is 8.68. The lowest BCUT2D eigenvalue weighted by atomic mass is 9.88. The van der Waals surface area contributed by atoms with Crippen molar-refractivity contribution >= 4 is 15.9 Å². The lowest BCUT2D eigenvalue weighted by Gasteiger charge is -2.36. The zero-order valence-electron chi connectivity index (χ0n) is 10.3. The largest absolute Gasteiger partial charge is 0.321 e. The summed E-state index contributed by atoms with van der Waals surface area (Å²) in [5, 5.41) is 0. The first-order valence-corrected chi connectivity index (χ1v) is 6.80. The van der Waals surface area contributed by atoms with Crippen LogP contribution in [-0.2, 0) is 0 Å². The Bertz CT molecular complexity index is 616. The SMILES string of the molecule is Cc1cccc(-c2ncn(C3CC(F)(F)C3)c2Br)n1. The number of hydrogen-bond donors (Lipinski definition) is 0. The first-order chi connectivity index (χ1) is 8.96. The maximum Gasteiger partial charge on any atom is 0.252 e. The van der Waals surface area contributed by atoms with Crippen molar-refractivity contribution < 1.29 is 8.78 Å². The van der Waals surface area contributed by atoms with E-state index in [9.17, 15) is 8.78 Å². The van der Waals surface area contributed by atoms with E-state index in [0.29, 0.717) is 10.3 Å². The minimum atomic E-state index is -2.53. The number of aromatic nitrogens is 3. The molecule has 2 aromatic heterocycles. The van der Waals surface area contributed by atoms with Crippen LogP contribution in [0, 0.1) is 6.92 Å². The van der Waals surface area contributed by atoms with E-state index in [1.165, 1.54) is 0 Å². The summed E-state index contributed by atoms with van der Waals surface area (Å²) in [7, 11) is 0. The topological polar surface area (TPSA) is 30.7 Å². The molecule has 0 bridgehead atoms. The van der Waals surface area contributed by atoms with Gasteiger partial charge in [0.25, 0.3) is 5.92 Å². The third-order valence-corrected chi connectivity index (χ3v) is 4.11. The molecule has 1 fully saturated rings. The maximum atomic E-state index is 12.9. The lowest BCUT2D eigenvalue weighted by molar-refractivity contribution is -0.104. The molecule has 0 unspecified atom stereocenters. The predicted octanol–water partition coefficient (Wildman–Crippen LogP) is 3.99. The van der Waals surface area contributed by atoms with Gasteiger partial charge in [-0.05, 0) is 35.0 Å². The van der Waals surface area contributed by atoms with Gasteiger partial charge in [0.1, 0.15) is 10.3 Å². The van der Waals surface area contributed by atoms with Crippen LogP contribution in [0.2, 0.25) is 0 Å². The number of hydrogen-bond acceptors (Lipinski definition) is 2. The molecule has 3 nitrogen and oxygen atoms in total. The van der Waals surface area contributed by atoms with Crippen LogP contribution in [-0.4, -0.2) is 20.5 Å². The van der Waals surface area contributed by atoms with Crippen molar-refractivity contribution in [1.29, 1.82) is 0 Å². The smallest absolute Gasteiger partial charge is 0.252 e. The molecule has 0 aliphatic heterocycles. The van der Waals surface area contributed by atoms with Crippen molar-refractivity contribution in [1.82, 2.24) is 14.5 Å². The highest BCUT2D eigenvalue weighted by molar-refractivity contribution is 9.10. The van der Waals surface area contributed by atoms with Gasteiger partial charge in [-0.1, -0.05) is 6.07 Å². The number of nitrogens with zero attached hydrogens (tertiary/aromatic N) is 3. The normalized spacial score (nSPS) is 18.3. The molecule has 0 radical (unpaired) electrons. The summed E-state index contributed by atoms with van der Waals surface area (Å²) in [5.74, 6) is -2.53. The van der Waals surface area contributed by atoms with Gasteiger partial charge in [0.2, 0.25) is 0 Å². The van der Waals surface area contributed by atoms with Crippen LogP contribution in [0.5, 0.6) is 0 Å². The van der Waals surface area contributed by atoms with Crippen LogP contribution in [0.4, 0.5) is 8.78 Å². The summed E-state index contributed by atoms with van der Waals surface area (Å²) >= 11 is 3.44. The lowest BCUT2D eigenvalue weighted by Crippen LogP contribution is -2.36. The van der Waals surface area contributed by atoms with E-state index in [1.807, 2.05) is 25.1 Å². The number of rotatable bonds is 2. The minimum Gasteiger partial charge on any atom is -0.321 e. The number of aryl methyl sites for hydroxylation is 1. The Morgan fingerprint density at radius 1 is 1.37 bits per heavy atom. The highest BCUT2D eigenvalue weighted by Crippen LogP contribution is 2.47. The fourth-order valence-corrected chi connectivity index (χ4v) is 2.96. The van der Waals surface area contributed by atoms with E-state index in [2.05, 4.69) is 25.9 Å². The van der Waals surface area contributed by atoms with Crippen molar-refractivity contribution in [3.8, 4) is 11.4 Å². The first kappa shape index (κ1) is 12.7. The Morgan fingerprint density at radius 3 is 2.74 bits per heavy atom. The second-order valence-electron chi connectivity index (χ2n) is 4.87. The molecule has 100 valence electrons. The van der Waals surface area contributed by atoms with Gasteiger partial charge in [-0.3, -0.25) is 4.98 Å². The van der Waals surface area contributed by atoms with Crippen LogP contribution < -0.4 is 0 Å². The standard InChI is InChI=1S/C13H12BrF2N3/c1-8-3-2-4-10(18-8)11-12(14)19(7-17-11)9-5-13(15,16)6-9/h2-4,7,9H,5-6H2,1H3. The molecular weight excluding hydrogens is 316 g/mol. The quantitative estimate of drug-likeness (QED) is 0.835. The van der Waals surface area contributed by atoms with Gasteiger partial charge >= 0.3 is 0 Å². The molecule has 6 heteroatoms. The van der Waals surface area contributed by atoms with E-state index < -0.39 is 5.92 Å². The van der Waals surface area contributed by atoms with E-state index >= 15 is 0 Å². The van der Waals surface area contributed by atoms with Crippen molar-refractivity contribution in [3.63, 3.8) is 0 Å². The van der Waals surface area contributed by atoms with Crippen LogP contribution in [0.1, 0.15) is 24.6 Å². The van der Waals surface area contributed by atoms with Gasteiger partial charge < -0.3 is 4.57 Å². The molecule has 3 rings (SSSR count). The van der Waals surface area contributed by atoms with Crippen molar-refractivity contribution in [3.05, 3.63) is 34.8 Å². The van der Waals surface area contributed by atoms with E-state index in [4.69, 9.17) is 0 Å². The Morgan fingerprint density at radius 2 is 2.11 bits per heavy atom. The molecule has 2 aromatic rings. The van der Waals surface area contributed by atoms with Crippen LogP contribution in [0.15, 0.2) is 29.1 Å². The zero-order chi connectivity index (χ0) is 13.6. The molecule has 19 heavy (non-hydrogen) atoms. The summed E-state index contributed by atoms with van der Waals surface area (Å²) < 4.78 is 28.3. The Labute approximate surface area is 117 Å². The Hall–Kier alpha value is -1.30. The molecule has 0 saturated heterocycles. The average Bonchev–Trinajstić information content (AvgIpc) is 2.67. The maximum absolute atomic E-state index is 12.9. The fourth-order valence-electron chi connectivity index (χ4n) is 2.27. The van der Waals surface area contributed by atoms with Gasteiger partial charge in [0.05, 0.1) is 12.0 Å². The van der Waals surface area contributed by atoms with Gasteiger partial charge in [-0.25, -0.2) is 13.8 Å². The first-order valence-electron chi connectivity index (χ1n) is 6.00. The van der Waals surface area contributed by atoms with Gasteiger partial charge in [0, 0.05) is 24.6 Å². The zero-order valence-corrected chi connectivity index (χ0v) is 11.9. The molecular formula is C13H12BrF2N3. The number of halogens is 3. The van der Waals surface area contributed by atoms with Crippen molar-refractivity contribution in [2.75, 3.05) is 0 Å². The molecule has 1 aliphatic carbocycles. The number of alkyl halides is 2.